The minimum Gasteiger partial charge on any atom is -0.508 e. The third-order valence-corrected chi connectivity index (χ3v) is 11.4. The van der Waals surface area contributed by atoms with Gasteiger partial charge in [-0.15, -0.1) is 0 Å². The first kappa shape index (κ1) is 64.8. The summed E-state index contributed by atoms with van der Waals surface area (Å²) >= 11 is 0. The molecule has 3 rings (SSSR count). The van der Waals surface area contributed by atoms with Crippen molar-refractivity contribution in [2.24, 2.45) is 23.1 Å². The van der Waals surface area contributed by atoms with Crippen LogP contribution >= 0.6 is 0 Å². The molecular weight excluding hydrogens is 1030 g/mol. The Morgan fingerprint density at radius 1 is 0.633 bits per heavy atom. The molecule has 436 valence electrons. The fraction of sp³-hybridized carbons (Fsp3) is 0.510. The number of fused-ring (bicyclic) bond motifs is 1. The molecular formula is C49H77N17O13. The van der Waals surface area contributed by atoms with Crippen LogP contribution in [-0.4, -0.2) is 183 Å². The maximum atomic E-state index is 14.7. The largest absolute Gasteiger partial charge is 0.508 e. The Balaban J connectivity index is 1.98. The van der Waals surface area contributed by atoms with Crippen molar-refractivity contribution in [3.63, 3.8) is 0 Å². The van der Waals surface area contributed by atoms with E-state index in [1.807, 2.05) is 0 Å². The second-order valence-corrected chi connectivity index (χ2v) is 18.9. The van der Waals surface area contributed by atoms with Crippen LogP contribution < -0.4 is 65.5 Å². The number of aliphatic hydroxyl groups excluding tert-OH is 2. The molecule has 0 saturated heterocycles. The molecule has 19 N–H and O–H groups in total. The van der Waals surface area contributed by atoms with Crippen molar-refractivity contribution < 1.29 is 63.3 Å². The van der Waals surface area contributed by atoms with Crippen LogP contribution in [-0.2, 0) is 41.6 Å². The number of phenolic OH excluding ortho intramolecular Hbond substituents is 1. The summed E-state index contributed by atoms with van der Waals surface area (Å²) in [4.78, 5) is 137. The summed E-state index contributed by atoms with van der Waals surface area (Å²) in [5.74, 6) is -5.60. The number of nitrogens with one attached hydrogen (secondary N) is 10. The molecule has 0 aliphatic carbocycles. The number of primary amides is 1. The lowest BCUT2D eigenvalue weighted by molar-refractivity contribution is -0.134. The van der Waals surface area contributed by atoms with Crippen molar-refractivity contribution in [1.29, 1.82) is 0 Å². The van der Waals surface area contributed by atoms with Gasteiger partial charge in [0.25, 0.3) is 5.91 Å². The zero-order chi connectivity index (χ0) is 58.8. The number of carbonyl (C=O) groups excluding carboxylic acids is 10. The van der Waals surface area contributed by atoms with E-state index >= 15 is 0 Å². The van der Waals surface area contributed by atoms with E-state index in [-0.39, 0.29) is 70.1 Å². The monoisotopic (exact) mass is 1110 g/mol. The van der Waals surface area contributed by atoms with Gasteiger partial charge in [-0.05, 0) is 87.4 Å². The summed E-state index contributed by atoms with van der Waals surface area (Å²) in [6.07, 6.45) is 1.40. The van der Waals surface area contributed by atoms with Crippen LogP contribution in [0.25, 0.3) is 10.9 Å². The van der Waals surface area contributed by atoms with E-state index < -0.39 is 103 Å². The van der Waals surface area contributed by atoms with Crippen molar-refractivity contribution in [3.8, 4) is 5.75 Å². The number of phenols is 1. The van der Waals surface area contributed by atoms with E-state index in [2.05, 4.69) is 53.3 Å². The average Bonchev–Trinajstić information content (AvgIpc) is 3.80. The number of amides is 14. The summed E-state index contributed by atoms with van der Waals surface area (Å²) in [5, 5.41) is 46.8. The zero-order valence-corrected chi connectivity index (χ0v) is 45.0. The highest BCUT2D eigenvalue weighted by Crippen LogP contribution is 2.20. The average molecular weight is 1110 g/mol. The number of unbranched alkanes of at least 4 members (excludes halogenated alkanes) is 2. The first-order valence-electron chi connectivity index (χ1n) is 25.5. The number of benzene rings is 2. The van der Waals surface area contributed by atoms with Gasteiger partial charge in [-0.3, -0.25) is 39.6 Å². The van der Waals surface area contributed by atoms with Crippen LogP contribution in [0.4, 0.5) is 19.2 Å². The Kier molecular flexibility index (Phi) is 27.0. The van der Waals surface area contributed by atoms with E-state index in [4.69, 9.17) is 17.2 Å². The molecule has 79 heavy (non-hydrogen) atoms. The number of urea groups is 4. The van der Waals surface area contributed by atoms with Gasteiger partial charge in [0.05, 0.1) is 25.8 Å². The number of carbonyl (C=O) groups is 10. The van der Waals surface area contributed by atoms with Gasteiger partial charge in [-0.25, -0.2) is 50.1 Å². The molecule has 0 aliphatic rings. The maximum Gasteiger partial charge on any atom is 0.355 e. The molecule has 2 aromatic carbocycles. The summed E-state index contributed by atoms with van der Waals surface area (Å²) in [5.41, 5.74) is 27.5. The number of rotatable bonds is 27. The molecule has 1 aromatic heterocycles. The minimum atomic E-state index is -1.78. The van der Waals surface area contributed by atoms with Crippen LogP contribution in [0.1, 0.15) is 70.9 Å². The molecule has 1 heterocycles. The predicted octanol–water partition coefficient (Wildman–Crippen LogP) is -2.55. The van der Waals surface area contributed by atoms with Gasteiger partial charge >= 0.3 is 24.1 Å². The highest BCUT2D eigenvalue weighted by molar-refractivity contribution is 5.97. The first-order valence-corrected chi connectivity index (χ1v) is 25.5. The fourth-order valence-corrected chi connectivity index (χ4v) is 7.53. The highest BCUT2D eigenvalue weighted by Gasteiger charge is 2.34. The van der Waals surface area contributed by atoms with Gasteiger partial charge in [0.15, 0.2) is 0 Å². The molecule has 5 atom stereocenters. The number of aromatic hydroxyl groups is 1. The van der Waals surface area contributed by atoms with Gasteiger partial charge in [0.1, 0.15) is 29.9 Å². The lowest BCUT2D eigenvalue weighted by Crippen LogP contribution is -2.62. The van der Waals surface area contributed by atoms with Gasteiger partial charge in [-0.1, -0.05) is 44.2 Å². The molecule has 0 spiro atoms. The number of nitrogens with zero attached hydrogens (tertiary/aromatic N) is 4. The van der Waals surface area contributed by atoms with Crippen molar-refractivity contribution in [2.75, 3.05) is 52.9 Å². The molecule has 3 aromatic rings. The highest BCUT2D eigenvalue weighted by atomic mass is 16.3. The van der Waals surface area contributed by atoms with E-state index in [1.54, 1.807) is 44.3 Å². The molecule has 14 amide bonds. The van der Waals surface area contributed by atoms with Crippen LogP contribution in [0.15, 0.2) is 54.7 Å². The third-order valence-electron chi connectivity index (χ3n) is 11.4. The number of aliphatic hydroxyl groups is 2. The number of para-hydroxylation sites is 1. The summed E-state index contributed by atoms with van der Waals surface area (Å²) < 4.78 is 0. The zero-order valence-electron chi connectivity index (χ0n) is 45.0. The number of hydrogen-bond acceptors (Lipinski definition) is 15. The van der Waals surface area contributed by atoms with E-state index in [9.17, 15) is 63.3 Å². The normalized spacial score (nSPS) is 12.8. The van der Waals surface area contributed by atoms with Crippen LogP contribution in [0.3, 0.4) is 0 Å². The Morgan fingerprint density at radius 3 is 1.81 bits per heavy atom. The van der Waals surface area contributed by atoms with Crippen molar-refractivity contribution >= 4 is 70.5 Å². The van der Waals surface area contributed by atoms with Crippen LogP contribution in [0.5, 0.6) is 5.75 Å². The van der Waals surface area contributed by atoms with E-state index in [1.165, 1.54) is 38.2 Å². The Bertz CT molecular complexity index is 2530. The number of H-pyrrole nitrogens is 1. The molecule has 0 unspecified atom stereocenters. The van der Waals surface area contributed by atoms with Gasteiger partial charge < -0.3 is 64.1 Å². The number of aromatic amines is 1. The number of hydrazine groups is 4. The van der Waals surface area contributed by atoms with Crippen LogP contribution in [0.2, 0.25) is 0 Å². The molecule has 30 heteroatoms. The number of nitrogens with two attached hydrogens (primary N) is 3. The topological polar surface area (TPSA) is 446 Å². The van der Waals surface area contributed by atoms with Crippen molar-refractivity contribution in [3.05, 3.63) is 65.9 Å². The summed E-state index contributed by atoms with van der Waals surface area (Å²) in [6.45, 7) is 4.32. The maximum absolute atomic E-state index is 14.7. The number of aromatic nitrogens is 1. The molecule has 0 aliphatic heterocycles. The SMILES string of the molecule is CC(=O)NN(C[C@H](C)O)C(=O)NN(CCCCN)C(=O)N[C@@H](CO)C(=O)N[C@@H](Cc1ccc(O)cc1)C(=O)N[C@@H](Cc1c[nH]c2ccccc12)C(=O)N[C@@H](CCCCN)C(=O)NN(C)C(=O)NN(CC(C)C)C(=O)NCC(N)=O. The standard InChI is InChI=1S/C49H77N17O13/c1-29(2)26-65(46(76)54-25-41(52)71)61-48(78)63(5)60-45(75)37(14-8-9-19-50)55-43(73)39(23-33-24-53-36-13-7-6-12-35(33)36)57-42(72)38(22-32-15-17-34(70)18-16-32)56-44(74)40(28-67)58-47(77)64(21-11-10-20-51)62-49(79)66(27-30(3)68)59-31(4)69/h6-7,12-13,15-18,24,29-30,37-40,53,67-68,70H,8-11,14,19-23,25-28,50-51H2,1-5H3,(H2,52,71)(H,54,76)(H,55,73)(H,56,74)(H,57,72)(H,58,77)(H,59,69)(H,60,75)(H,61,78)(H,62,79)/t30-,37-,38-,39-,40-/m0/s1. The first-order chi connectivity index (χ1) is 37.5. The Hall–Kier alpha value is -8.48. The molecule has 0 bridgehead atoms. The minimum absolute atomic E-state index is 0.00958. The molecule has 0 saturated carbocycles. The Labute approximate surface area is 456 Å². The van der Waals surface area contributed by atoms with Crippen LogP contribution in [0, 0.1) is 5.92 Å². The molecule has 30 nitrogen and oxygen atoms in total. The second-order valence-electron chi connectivity index (χ2n) is 18.9. The number of hydrogen-bond donors (Lipinski definition) is 16. The summed E-state index contributed by atoms with van der Waals surface area (Å²) in [6, 6.07) is 2.50. The third kappa shape index (κ3) is 22.6. The Morgan fingerprint density at radius 2 is 1.22 bits per heavy atom. The van der Waals surface area contributed by atoms with Gasteiger partial charge in [0, 0.05) is 57.0 Å². The second kappa shape index (κ2) is 33.0. The van der Waals surface area contributed by atoms with E-state index in [0.29, 0.717) is 41.3 Å². The van der Waals surface area contributed by atoms with E-state index in [0.717, 1.165) is 27.0 Å². The molecule has 0 radical (unpaired) electrons. The van der Waals surface area contributed by atoms with Crippen molar-refractivity contribution in [2.45, 2.75) is 103 Å². The van der Waals surface area contributed by atoms with Crippen molar-refractivity contribution in [1.82, 2.24) is 73.3 Å². The smallest absolute Gasteiger partial charge is 0.355 e. The van der Waals surface area contributed by atoms with Gasteiger partial charge in [0.2, 0.25) is 29.5 Å². The summed E-state index contributed by atoms with van der Waals surface area (Å²) in [7, 11) is 1.18. The lowest BCUT2D eigenvalue weighted by atomic mass is 10.0. The quantitative estimate of drug-likeness (QED) is 0.0276. The lowest BCUT2D eigenvalue weighted by Gasteiger charge is -2.30. The fourth-order valence-electron chi connectivity index (χ4n) is 7.53. The predicted molar refractivity (Wildman–Crippen MR) is 286 cm³/mol. The molecule has 0 fully saturated rings. The van der Waals surface area contributed by atoms with Gasteiger partial charge in [-0.2, -0.15) is 0 Å².